The second-order valence-electron chi connectivity index (χ2n) is 4.40. The summed E-state index contributed by atoms with van der Waals surface area (Å²) in [5, 5.41) is 12.3. The number of hydrogen-bond donors (Lipinski definition) is 2. The van der Waals surface area contributed by atoms with Crippen molar-refractivity contribution in [3.63, 3.8) is 0 Å². The molecule has 3 nitrogen and oxygen atoms in total. The van der Waals surface area contributed by atoms with Crippen molar-refractivity contribution in [2.24, 2.45) is 5.92 Å². The molecule has 0 spiro atoms. The van der Waals surface area contributed by atoms with E-state index in [1.807, 2.05) is 13.0 Å². The zero-order chi connectivity index (χ0) is 12.8. The van der Waals surface area contributed by atoms with Gasteiger partial charge in [-0.2, -0.15) is 0 Å². The third-order valence-corrected chi connectivity index (χ3v) is 3.22. The summed E-state index contributed by atoms with van der Waals surface area (Å²) in [4.78, 5) is 10.9. The van der Waals surface area contributed by atoms with Crippen LogP contribution in [-0.4, -0.2) is 17.6 Å². The third-order valence-electron chi connectivity index (χ3n) is 3.22. The highest BCUT2D eigenvalue weighted by atomic mass is 16.4. The molecule has 0 bridgehead atoms. The molecular weight excluding hydrogens is 214 g/mol. The van der Waals surface area contributed by atoms with E-state index in [1.165, 1.54) is 0 Å². The Labute approximate surface area is 103 Å². The van der Waals surface area contributed by atoms with Crippen molar-refractivity contribution < 1.29 is 9.90 Å². The maximum Gasteiger partial charge on any atom is 0.335 e. The Kier molecular flexibility index (Phi) is 5.01. The van der Waals surface area contributed by atoms with Gasteiger partial charge in [-0.3, -0.25) is 0 Å². The fourth-order valence-corrected chi connectivity index (χ4v) is 1.78. The number of carbonyl (C=O) groups is 1. The maximum absolute atomic E-state index is 10.9. The van der Waals surface area contributed by atoms with Gasteiger partial charge in [0.1, 0.15) is 0 Å². The quantitative estimate of drug-likeness (QED) is 0.792. The molecule has 17 heavy (non-hydrogen) atoms. The summed E-state index contributed by atoms with van der Waals surface area (Å²) in [7, 11) is 0. The van der Waals surface area contributed by atoms with Crippen LogP contribution in [0, 0.1) is 12.8 Å². The zero-order valence-corrected chi connectivity index (χ0v) is 10.8. The van der Waals surface area contributed by atoms with Crippen molar-refractivity contribution in [3.8, 4) is 0 Å². The number of carboxylic acid groups (broad SMARTS) is 1. The average molecular weight is 235 g/mol. The van der Waals surface area contributed by atoms with Gasteiger partial charge in [0.2, 0.25) is 0 Å². The SMILES string of the molecule is CCC(CC)CNc1cc(C(=O)O)ccc1C. The molecule has 1 aromatic carbocycles. The number of benzene rings is 1. The summed E-state index contributed by atoms with van der Waals surface area (Å²) in [6.45, 7) is 7.24. The van der Waals surface area contributed by atoms with Gasteiger partial charge >= 0.3 is 5.97 Å². The second kappa shape index (κ2) is 6.28. The highest BCUT2D eigenvalue weighted by Gasteiger charge is 2.08. The standard InChI is InChI=1S/C14H21NO2/c1-4-11(5-2)9-15-13-8-12(14(16)17)7-6-10(13)3/h6-8,11,15H,4-5,9H2,1-3H3,(H,16,17). The van der Waals surface area contributed by atoms with Crippen LogP contribution < -0.4 is 5.32 Å². The van der Waals surface area contributed by atoms with E-state index in [-0.39, 0.29) is 0 Å². The fraction of sp³-hybridized carbons (Fsp3) is 0.500. The zero-order valence-electron chi connectivity index (χ0n) is 10.8. The van der Waals surface area contributed by atoms with Crippen molar-refractivity contribution in [2.75, 3.05) is 11.9 Å². The minimum atomic E-state index is -0.879. The van der Waals surface area contributed by atoms with E-state index in [0.29, 0.717) is 11.5 Å². The molecule has 2 N–H and O–H groups in total. The lowest BCUT2D eigenvalue weighted by Gasteiger charge is -2.16. The van der Waals surface area contributed by atoms with Crippen LogP contribution in [0.5, 0.6) is 0 Å². The van der Waals surface area contributed by atoms with Gasteiger partial charge in [-0.1, -0.05) is 32.8 Å². The number of rotatable bonds is 6. The van der Waals surface area contributed by atoms with Gasteiger partial charge in [0.15, 0.2) is 0 Å². The molecule has 0 atom stereocenters. The van der Waals surface area contributed by atoms with Gasteiger partial charge in [-0.15, -0.1) is 0 Å². The molecule has 3 heteroatoms. The lowest BCUT2D eigenvalue weighted by Crippen LogP contribution is -2.13. The second-order valence-corrected chi connectivity index (χ2v) is 4.40. The summed E-state index contributed by atoms with van der Waals surface area (Å²) >= 11 is 0. The first-order valence-electron chi connectivity index (χ1n) is 6.16. The van der Waals surface area contributed by atoms with E-state index < -0.39 is 5.97 Å². The molecule has 0 radical (unpaired) electrons. The van der Waals surface area contributed by atoms with Crippen molar-refractivity contribution in [2.45, 2.75) is 33.6 Å². The van der Waals surface area contributed by atoms with E-state index in [0.717, 1.165) is 30.6 Å². The van der Waals surface area contributed by atoms with Crippen LogP contribution in [0.25, 0.3) is 0 Å². The molecule has 0 aliphatic carbocycles. The minimum absolute atomic E-state index is 0.336. The topological polar surface area (TPSA) is 49.3 Å². The Bertz CT molecular complexity index is 384. The first kappa shape index (κ1) is 13.6. The van der Waals surface area contributed by atoms with Gasteiger partial charge < -0.3 is 10.4 Å². The normalized spacial score (nSPS) is 10.6. The van der Waals surface area contributed by atoms with Crippen molar-refractivity contribution in [1.29, 1.82) is 0 Å². The van der Waals surface area contributed by atoms with Crippen LogP contribution in [0.1, 0.15) is 42.6 Å². The molecular formula is C14H21NO2. The molecule has 0 unspecified atom stereocenters. The molecule has 0 amide bonds. The third kappa shape index (κ3) is 3.77. The van der Waals surface area contributed by atoms with Crippen LogP contribution in [0.4, 0.5) is 5.69 Å². The molecule has 0 fully saturated rings. The van der Waals surface area contributed by atoms with E-state index >= 15 is 0 Å². The lowest BCUT2D eigenvalue weighted by atomic mass is 10.0. The summed E-state index contributed by atoms with van der Waals surface area (Å²) < 4.78 is 0. The van der Waals surface area contributed by atoms with E-state index in [9.17, 15) is 4.79 Å². The van der Waals surface area contributed by atoms with Gasteiger partial charge in [0.25, 0.3) is 0 Å². The Morgan fingerprint density at radius 3 is 2.53 bits per heavy atom. The number of anilines is 1. The van der Waals surface area contributed by atoms with Crippen LogP contribution in [0.15, 0.2) is 18.2 Å². The van der Waals surface area contributed by atoms with Crippen molar-refractivity contribution in [1.82, 2.24) is 0 Å². The fourth-order valence-electron chi connectivity index (χ4n) is 1.78. The number of aryl methyl sites for hydroxylation is 1. The van der Waals surface area contributed by atoms with Crippen LogP contribution in [0.2, 0.25) is 0 Å². The summed E-state index contributed by atoms with van der Waals surface area (Å²) in [6, 6.07) is 5.19. The first-order chi connectivity index (χ1) is 8.08. The van der Waals surface area contributed by atoms with Crippen LogP contribution in [0.3, 0.4) is 0 Å². The molecule has 0 saturated carbocycles. The molecule has 0 aliphatic heterocycles. The first-order valence-corrected chi connectivity index (χ1v) is 6.16. The Balaban J connectivity index is 2.75. The van der Waals surface area contributed by atoms with E-state index in [2.05, 4.69) is 19.2 Å². The van der Waals surface area contributed by atoms with Crippen molar-refractivity contribution in [3.05, 3.63) is 29.3 Å². The van der Waals surface area contributed by atoms with Gasteiger partial charge in [0.05, 0.1) is 5.56 Å². The molecule has 0 heterocycles. The highest BCUT2D eigenvalue weighted by molar-refractivity contribution is 5.89. The number of nitrogens with one attached hydrogen (secondary N) is 1. The smallest absolute Gasteiger partial charge is 0.335 e. The average Bonchev–Trinajstić information content (AvgIpc) is 2.32. The number of hydrogen-bond acceptors (Lipinski definition) is 2. The van der Waals surface area contributed by atoms with Crippen molar-refractivity contribution >= 4 is 11.7 Å². The maximum atomic E-state index is 10.9. The predicted molar refractivity (Wildman–Crippen MR) is 70.7 cm³/mol. The molecule has 1 aromatic rings. The van der Waals surface area contributed by atoms with E-state index in [4.69, 9.17) is 5.11 Å². The molecule has 0 aliphatic rings. The summed E-state index contributed by atoms with van der Waals surface area (Å²) in [5.41, 5.74) is 2.35. The molecule has 0 aromatic heterocycles. The molecule has 1 rings (SSSR count). The van der Waals surface area contributed by atoms with Crippen LogP contribution >= 0.6 is 0 Å². The van der Waals surface area contributed by atoms with Gasteiger partial charge in [-0.25, -0.2) is 4.79 Å². The molecule has 94 valence electrons. The summed E-state index contributed by atoms with van der Waals surface area (Å²) in [5.74, 6) is -0.238. The lowest BCUT2D eigenvalue weighted by molar-refractivity contribution is 0.0697. The Morgan fingerprint density at radius 2 is 2.00 bits per heavy atom. The molecule has 0 saturated heterocycles. The highest BCUT2D eigenvalue weighted by Crippen LogP contribution is 2.18. The number of carboxylic acids is 1. The minimum Gasteiger partial charge on any atom is -0.478 e. The predicted octanol–water partition coefficient (Wildman–Crippen LogP) is 3.54. The van der Waals surface area contributed by atoms with E-state index in [1.54, 1.807) is 12.1 Å². The monoisotopic (exact) mass is 235 g/mol. The van der Waals surface area contributed by atoms with Gasteiger partial charge in [-0.05, 0) is 30.5 Å². The Hall–Kier alpha value is -1.51. The number of aromatic carboxylic acids is 1. The van der Waals surface area contributed by atoms with Crippen LogP contribution in [-0.2, 0) is 0 Å². The summed E-state index contributed by atoms with van der Waals surface area (Å²) in [6.07, 6.45) is 2.28. The van der Waals surface area contributed by atoms with Gasteiger partial charge in [0, 0.05) is 12.2 Å². The largest absolute Gasteiger partial charge is 0.478 e. The Morgan fingerprint density at radius 1 is 1.35 bits per heavy atom.